The average Bonchev–Trinajstić information content (AvgIpc) is 2.46. The number of benzene rings is 1. The fourth-order valence-electron chi connectivity index (χ4n) is 2.27. The number of carbonyl (C=O) groups is 2. The summed E-state index contributed by atoms with van der Waals surface area (Å²) in [6, 6.07) is 6.57. The number of thioether (sulfide) groups is 1. The lowest BCUT2D eigenvalue weighted by molar-refractivity contribution is -0.141. The normalized spacial score (nSPS) is 18.7. The van der Waals surface area contributed by atoms with Gasteiger partial charge in [-0.1, -0.05) is 18.2 Å². The van der Waals surface area contributed by atoms with Crippen molar-refractivity contribution >= 4 is 29.4 Å². The highest BCUT2D eigenvalue weighted by Gasteiger charge is 2.34. The summed E-state index contributed by atoms with van der Waals surface area (Å²) in [5.41, 5.74) is 1.79. The minimum atomic E-state index is -0.941. The van der Waals surface area contributed by atoms with Gasteiger partial charge in [0.1, 0.15) is 6.04 Å². The molecule has 1 aromatic rings. The van der Waals surface area contributed by atoms with E-state index in [4.69, 9.17) is 0 Å². The van der Waals surface area contributed by atoms with Crippen LogP contribution in [0.1, 0.15) is 5.56 Å². The van der Waals surface area contributed by atoms with Crippen molar-refractivity contribution in [3.05, 3.63) is 29.8 Å². The predicted molar refractivity (Wildman–Crippen MR) is 80.4 cm³/mol. The van der Waals surface area contributed by atoms with E-state index in [0.29, 0.717) is 12.3 Å². The van der Waals surface area contributed by atoms with Crippen LogP contribution in [0.3, 0.4) is 0 Å². The summed E-state index contributed by atoms with van der Waals surface area (Å²) in [7, 11) is 1.69. The fraction of sp³-hybridized carbons (Fsp3) is 0.429. The molecule has 0 aromatic heterocycles. The Labute approximate surface area is 122 Å². The molecule has 108 valence electrons. The molecule has 1 aliphatic heterocycles. The zero-order valence-corrected chi connectivity index (χ0v) is 12.4. The first-order valence-corrected chi connectivity index (χ1v) is 7.58. The predicted octanol–water partition coefficient (Wildman–Crippen LogP) is 2.05. The lowest BCUT2D eigenvalue weighted by Crippen LogP contribution is -2.54. The zero-order valence-electron chi connectivity index (χ0n) is 11.6. The summed E-state index contributed by atoms with van der Waals surface area (Å²) in [5, 5.41) is 9.24. The van der Waals surface area contributed by atoms with E-state index in [1.165, 1.54) is 9.80 Å². The summed E-state index contributed by atoms with van der Waals surface area (Å²) in [4.78, 5) is 26.8. The van der Waals surface area contributed by atoms with Gasteiger partial charge in [0.25, 0.3) is 0 Å². The molecule has 1 saturated heterocycles. The number of anilines is 1. The number of rotatable bonds is 2. The molecule has 0 bridgehead atoms. The number of hydrogen-bond donors (Lipinski definition) is 1. The van der Waals surface area contributed by atoms with Crippen LogP contribution in [0.4, 0.5) is 10.5 Å². The molecule has 1 aromatic carbocycles. The van der Waals surface area contributed by atoms with Gasteiger partial charge in [0, 0.05) is 30.8 Å². The van der Waals surface area contributed by atoms with Crippen molar-refractivity contribution < 1.29 is 14.7 Å². The Balaban J connectivity index is 2.21. The Bertz CT molecular complexity index is 521. The molecule has 1 fully saturated rings. The molecule has 1 unspecified atom stereocenters. The van der Waals surface area contributed by atoms with E-state index < -0.39 is 12.0 Å². The molecule has 1 aliphatic rings. The van der Waals surface area contributed by atoms with E-state index in [1.54, 1.807) is 18.8 Å². The number of para-hydroxylation sites is 1. The maximum Gasteiger partial charge on any atom is 0.327 e. The van der Waals surface area contributed by atoms with Crippen molar-refractivity contribution in [2.45, 2.75) is 13.0 Å². The van der Waals surface area contributed by atoms with Gasteiger partial charge in [-0.2, -0.15) is 11.8 Å². The first-order valence-electron chi connectivity index (χ1n) is 6.43. The van der Waals surface area contributed by atoms with Crippen molar-refractivity contribution in [3.63, 3.8) is 0 Å². The Kier molecular flexibility index (Phi) is 4.54. The van der Waals surface area contributed by atoms with Crippen molar-refractivity contribution in [3.8, 4) is 0 Å². The third-order valence-electron chi connectivity index (χ3n) is 3.42. The summed E-state index contributed by atoms with van der Waals surface area (Å²) in [6.07, 6.45) is 0. The maximum absolute atomic E-state index is 12.5. The third kappa shape index (κ3) is 2.90. The quantitative estimate of drug-likeness (QED) is 0.907. The molecule has 0 saturated carbocycles. The Morgan fingerprint density at radius 2 is 2.10 bits per heavy atom. The smallest absolute Gasteiger partial charge is 0.327 e. The van der Waals surface area contributed by atoms with Crippen molar-refractivity contribution in [2.24, 2.45) is 0 Å². The number of aliphatic carboxylic acids is 1. The number of carboxylic acids is 1. The summed E-state index contributed by atoms with van der Waals surface area (Å²) in [5.74, 6) is 0.281. The van der Waals surface area contributed by atoms with Gasteiger partial charge in [-0.3, -0.25) is 4.90 Å². The van der Waals surface area contributed by atoms with Crippen LogP contribution >= 0.6 is 11.8 Å². The van der Waals surface area contributed by atoms with Crippen LogP contribution in [0.2, 0.25) is 0 Å². The number of nitrogens with zero attached hydrogens (tertiary/aromatic N) is 2. The van der Waals surface area contributed by atoms with E-state index in [0.717, 1.165) is 17.0 Å². The lowest BCUT2D eigenvalue weighted by atomic mass is 10.2. The van der Waals surface area contributed by atoms with E-state index in [2.05, 4.69) is 0 Å². The molecular formula is C14H18N2O3S. The minimum absolute atomic E-state index is 0.257. The SMILES string of the molecule is Cc1ccccc1N(C)C(=O)N1CCSCC1C(=O)O. The Hall–Kier alpha value is -1.69. The average molecular weight is 294 g/mol. The fourth-order valence-corrected chi connectivity index (χ4v) is 3.31. The molecule has 2 amide bonds. The number of urea groups is 1. The molecule has 1 atom stereocenters. The van der Waals surface area contributed by atoms with Gasteiger partial charge < -0.3 is 10.0 Å². The van der Waals surface area contributed by atoms with Crippen molar-refractivity contribution in [1.29, 1.82) is 0 Å². The molecular weight excluding hydrogens is 276 g/mol. The van der Waals surface area contributed by atoms with Gasteiger partial charge in [-0.15, -0.1) is 0 Å². The van der Waals surface area contributed by atoms with Gasteiger partial charge in [-0.05, 0) is 18.6 Å². The number of amides is 2. The van der Waals surface area contributed by atoms with E-state index >= 15 is 0 Å². The second-order valence-corrected chi connectivity index (χ2v) is 5.90. The molecule has 0 aliphatic carbocycles. The topological polar surface area (TPSA) is 60.9 Å². The highest BCUT2D eigenvalue weighted by molar-refractivity contribution is 7.99. The van der Waals surface area contributed by atoms with Crippen LogP contribution in [0, 0.1) is 6.92 Å². The first-order chi connectivity index (χ1) is 9.52. The lowest BCUT2D eigenvalue weighted by Gasteiger charge is -2.35. The van der Waals surface area contributed by atoms with E-state index in [1.807, 2.05) is 31.2 Å². The number of hydrogen-bond acceptors (Lipinski definition) is 3. The first kappa shape index (κ1) is 14.7. The van der Waals surface area contributed by atoms with Crippen LogP contribution in [-0.4, -0.2) is 53.1 Å². The van der Waals surface area contributed by atoms with Gasteiger partial charge in [0.15, 0.2) is 0 Å². The standard InChI is InChI=1S/C14H18N2O3S/c1-10-5-3-4-6-11(10)15(2)14(19)16-7-8-20-9-12(16)13(17)18/h3-6,12H,7-9H2,1-2H3,(H,17,18). The molecule has 5 nitrogen and oxygen atoms in total. The van der Waals surface area contributed by atoms with Gasteiger partial charge >= 0.3 is 12.0 Å². The molecule has 2 rings (SSSR count). The van der Waals surface area contributed by atoms with Crippen molar-refractivity contribution in [1.82, 2.24) is 4.90 Å². The van der Waals surface area contributed by atoms with E-state index in [9.17, 15) is 14.7 Å². The largest absolute Gasteiger partial charge is 0.480 e. The highest BCUT2D eigenvalue weighted by Crippen LogP contribution is 2.23. The second-order valence-electron chi connectivity index (χ2n) is 4.75. The third-order valence-corrected chi connectivity index (χ3v) is 4.45. The van der Waals surface area contributed by atoms with Crippen LogP contribution < -0.4 is 4.90 Å². The summed E-state index contributed by atoms with van der Waals surface area (Å²) in [6.45, 7) is 2.40. The molecule has 6 heteroatoms. The van der Waals surface area contributed by atoms with Crippen LogP contribution in [0.25, 0.3) is 0 Å². The highest BCUT2D eigenvalue weighted by atomic mass is 32.2. The Morgan fingerprint density at radius 3 is 2.75 bits per heavy atom. The van der Waals surface area contributed by atoms with Gasteiger partial charge in [0.05, 0.1) is 0 Å². The number of carbonyl (C=O) groups excluding carboxylic acids is 1. The number of carboxylic acid groups (broad SMARTS) is 1. The van der Waals surface area contributed by atoms with Gasteiger partial charge in [0.2, 0.25) is 0 Å². The molecule has 1 N–H and O–H groups in total. The van der Waals surface area contributed by atoms with Crippen LogP contribution in [0.15, 0.2) is 24.3 Å². The summed E-state index contributed by atoms with van der Waals surface area (Å²) >= 11 is 1.57. The number of aryl methyl sites for hydroxylation is 1. The van der Waals surface area contributed by atoms with Gasteiger partial charge in [-0.25, -0.2) is 9.59 Å². The zero-order chi connectivity index (χ0) is 14.7. The van der Waals surface area contributed by atoms with Crippen LogP contribution in [0.5, 0.6) is 0 Å². The van der Waals surface area contributed by atoms with E-state index in [-0.39, 0.29) is 6.03 Å². The molecule has 1 heterocycles. The minimum Gasteiger partial charge on any atom is -0.480 e. The molecule has 0 radical (unpaired) electrons. The molecule has 20 heavy (non-hydrogen) atoms. The maximum atomic E-state index is 12.5. The Morgan fingerprint density at radius 1 is 1.40 bits per heavy atom. The monoisotopic (exact) mass is 294 g/mol. The molecule has 0 spiro atoms. The second kappa shape index (κ2) is 6.17. The summed E-state index contributed by atoms with van der Waals surface area (Å²) < 4.78 is 0. The van der Waals surface area contributed by atoms with Crippen molar-refractivity contribution in [2.75, 3.05) is 30.0 Å². The van der Waals surface area contributed by atoms with Crippen LogP contribution in [-0.2, 0) is 4.79 Å².